The predicted molar refractivity (Wildman–Crippen MR) is 91.6 cm³/mol. The minimum atomic E-state index is -0.346. The molecule has 2 amide bonds. The van der Waals surface area contributed by atoms with E-state index in [1.54, 1.807) is 12.1 Å². The number of anilines is 1. The molecule has 2 rings (SSSR count). The number of nitrogens with one attached hydrogen (secondary N) is 2. The van der Waals surface area contributed by atoms with Crippen LogP contribution in [-0.4, -0.2) is 20.3 Å². The van der Waals surface area contributed by atoms with Crippen LogP contribution in [0.2, 0.25) is 5.02 Å². The number of urea groups is 1. The number of benzene rings is 2. The van der Waals surface area contributed by atoms with E-state index in [9.17, 15) is 4.79 Å². The summed E-state index contributed by atoms with van der Waals surface area (Å²) in [5, 5.41) is 5.99. The van der Waals surface area contributed by atoms with Crippen molar-refractivity contribution in [3.63, 3.8) is 0 Å². The molecule has 122 valence electrons. The van der Waals surface area contributed by atoms with Crippen LogP contribution >= 0.6 is 11.6 Å². The van der Waals surface area contributed by atoms with Crippen molar-refractivity contribution in [3.8, 4) is 11.5 Å². The molecule has 2 aromatic rings. The highest BCUT2D eigenvalue weighted by Crippen LogP contribution is 2.35. The van der Waals surface area contributed by atoms with Crippen molar-refractivity contribution in [3.05, 3.63) is 53.1 Å². The van der Waals surface area contributed by atoms with Gasteiger partial charge >= 0.3 is 6.03 Å². The molecule has 0 heterocycles. The third kappa shape index (κ3) is 4.29. The van der Waals surface area contributed by atoms with Crippen molar-refractivity contribution in [2.24, 2.45) is 0 Å². The summed E-state index contributed by atoms with van der Waals surface area (Å²) in [5.74, 6) is 0.945. The molecule has 6 heteroatoms. The molecule has 0 bridgehead atoms. The van der Waals surface area contributed by atoms with E-state index in [-0.39, 0.29) is 12.1 Å². The Morgan fingerprint density at radius 3 is 2.35 bits per heavy atom. The summed E-state index contributed by atoms with van der Waals surface area (Å²) in [5.41, 5.74) is 1.48. The largest absolute Gasteiger partial charge is 0.495 e. The number of carbonyl (C=O) groups is 1. The summed E-state index contributed by atoms with van der Waals surface area (Å²) in [6.07, 6.45) is 0. The van der Waals surface area contributed by atoms with E-state index in [2.05, 4.69) is 10.6 Å². The van der Waals surface area contributed by atoms with Gasteiger partial charge in [0.25, 0.3) is 0 Å². The Morgan fingerprint density at radius 1 is 1.09 bits per heavy atom. The molecule has 0 saturated carbocycles. The lowest BCUT2D eigenvalue weighted by atomic mass is 10.1. The summed E-state index contributed by atoms with van der Waals surface area (Å²) in [6, 6.07) is 12.4. The minimum absolute atomic E-state index is 0.129. The molecule has 1 atom stereocenters. The second-order valence-electron chi connectivity index (χ2n) is 4.92. The Hall–Kier alpha value is -2.40. The van der Waals surface area contributed by atoms with Crippen LogP contribution in [0.15, 0.2) is 42.5 Å². The van der Waals surface area contributed by atoms with Gasteiger partial charge < -0.3 is 20.1 Å². The van der Waals surface area contributed by atoms with Gasteiger partial charge in [0, 0.05) is 6.07 Å². The number of halogens is 1. The van der Waals surface area contributed by atoms with Crippen LogP contribution in [0.3, 0.4) is 0 Å². The summed E-state index contributed by atoms with van der Waals surface area (Å²) in [7, 11) is 3.03. The first-order valence-electron chi connectivity index (χ1n) is 7.09. The first-order chi connectivity index (χ1) is 11.0. The van der Waals surface area contributed by atoms with Crippen molar-refractivity contribution in [2.75, 3.05) is 19.5 Å². The quantitative estimate of drug-likeness (QED) is 0.859. The van der Waals surface area contributed by atoms with Crippen LogP contribution in [0, 0.1) is 0 Å². The number of rotatable bonds is 5. The Labute approximate surface area is 140 Å². The van der Waals surface area contributed by atoms with E-state index in [1.165, 1.54) is 14.2 Å². The molecule has 5 nitrogen and oxygen atoms in total. The average Bonchev–Trinajstić information content (AvgIpc) is 2.55. The maximum atomic E-state index is 12.2. The fourth-order valence-electron chi connectivity index (χ4n) is 2.14. The zero-order valence-electron chi connectivity index (χ0n) is 13.2. The van der Waals surface area contributed by atoms with Crippen molar-refractivity contribution in [1.82, 2.24) is 5.32 Å². The molecule has 0 aliphatic heterocycles. The lowest BCUT2D eigenvalue weighted by molar-refractivity contribution is 0.249. The fraction of sp³-hybridized carbons (Fsp3) is 0.235. The van der Waals surface area contributed by atoms with Gasteiger partial charge in [-0.15, -0.1) is 0 Å². The molecule has 0 aliphatic rings. The zero-order chi connectivity index (χ0) is 16.8. The van der Waals surface area contributed by atoms with E-state index in [0.717, 1.165) is 5.56 Å². The van der Waals surface area contributed by atoms with Gasteiger partial charge in [-0.3, -0.25) is 0 Å². The smallest absolute Gasteiger partial charge is 0.319 e. The maximum Gasteiger partial charge on any atom is 0.319 e. The van der Waals surface area contributed by atoms with Crippen LogP contribution in [0.25, 0.3) is 0 Å². The van der Waals surface area contributed by atoms with Crippen molar-refractivity contribution < 1.29 is 14.3 Å². The van der Waals surface area contributed by atoms with Crippen LogP contribution in [-0.2, 0) is 0 Å². The van der Waals surface area contributed by atoms with Gasteiger partial charge in [0.15, 0.2) is 0 Å². The van der Waals surface area contributed by atoms with Crippen molar-refractivity contribution >= 4 is 23.3 Å². The van der Waals surface area contributed by atoms with E-state index < -0.39 is 0 Å². The molecule has 0 radical (unpaired) electrons. The standard InChI is InChI=1S/C17H19ClN2O3/c1-11(12-7-5-4-6-8-12)19-17(21)20-14-9-13(18)15(22-2)10-16(14)23-3/h4-11H,1-3H3,(H2,19,20,21). The van der Waals surface area contributed by atoms with E-state index >= 15 is 0 Å². The van der Waals surface area contributed by atoms with Crippen molar-refractivity contribution in [1.29, 1.82) is 0 Å². The highest BCUT2D eigenvalue weighted by molar-refractivity contribution is 6.32. The maximum absolute atomic E-state index is 12.2. The third-order valence-corrected chi connectivity index (χ3v) is 3.66. The molecule has 0 aromatic heterocycles. The Kier molecular flexibility index (Phi) is 5.71. The zero-order valence-corrected chi connectivity index (χ0v) is 14.0. The van der Waals surface area contributed by atoms with Gasteiger partial charge in [-0.2, -0.15) is 0 Å². The number of hydrogen-bond acceptors (Lipinski definition) is 3. The van der Waals surface area contributed by atoms with E-state index in [1.807, 2.05) is 37.3 Å². The van der Waals surface area contributed by atoms with Crippen LogP contribution < -0.4 is 20.1 Å². The summed E-state index contributed by atoms with van der Waals surface area (Å²) in [4.78, 5) is 12.2. The van der Waals surface area contributed by atoms with Crippen LogP contribution in [0.5, 0.6) is 11.5 Å². The number of hydrogen-bond donors (Lipinski definition) is 2. The Morgan fingerprint density at radius 2 is 1.74 bits per heavy atom. The molecular weight excluding hydrogens is 316 g/mol. The van der Waals surface area contributed by atoms with Gasteiger partial charge in [-0.05, 0) is 18.6 Å². The number of amides is 2. The SMILES string of the molecule is COc1cc(OC)c(NC(=O)NC(C)c2ccccc2)cc1Cl. The fourth-order valence-corrected chi connectivity index (χ4v) is 2.38. The summed E-state index contributed by atoms with van der Waals surface area (Å²) in [6.45, 7) is 1.91. The lowest BCUT2D eigenvalue weighted by Crippen LogP contribution is -2.31. The second-order valence-corrected chi connectivity index (χ2v) is 5.33. The average molecular weight is 335 g/mol. The second kappa shape index (κ2) is 7.74. The number of methoxy groups -OCH3 is 2. The molecule has 0 fully saturated rings. The molecule has 23 heavy (non-hydrogen) atoms. The normalized spacial score (nSPS) is 11.5. The van der Waals surface area contributed by atoms with Gasteiger partial charge in [-0.1, -0.05) is 41.9 Å². The van der Waals surface area contributed by atoms with Gasteiger partial charge in [-0.25, -0.2) is 4.79 Å². The number of carbonyl (C=O) groups excluding carboxylic acids is 1. The summed E-state index contributed by atoms with van der Waals surface area (Å²) >= 11 is 6.09. The topological polar surface area (TPSA) is 59.6 Å². The molecule has 0 spiro atoms. The van der Waals surface area contributed by atoms with Gasteiger partial charge in [0.1, 0.15) is 11.5 Å². The molecule has 0 aliphatic carbocycles. The predicted octanol–water partition coefficient (Wildman–Crippen LogP) is 4.24. The molecule has 1 unspecified atom stereocenters. The number of ether oxygens (including phenoxy) is 2. The highest BCUT2D eigenvalue weighted by Gasteiger charge is 2.14. The molecule has 2 aromatic carbocycles. The van der Waals surface area contributed by atoms with Crippen molar-refractivity contribution in [2.45, 2.75) is 13.0 Å². The molecule has 2 N–H and O–H groups in total. The molecular formula is C17H19ClN2O3. The van der Waals surface area contributed by atoms with Crippen LogP contribution in [0.1, 0.15) is 18.5 Å². The monoisotopic (exact) mass is 334 g/mol. The first kappa shape index (κ1) is 17.0. The van der Waals surface area contributed by atoms with E-state index in [4.69, 9.17) is 21.1 Å². The lowest BCUT2D eigenvalue weighted by Gasteiger charge is -2.17. The van der Waals surface area contributed by atoms with Crippen LogP contribution in [0.4, 0.5) is 10.5 Å². The van der Waals surface area contributed by atoms with Gasteiger partial charge in [0.05, 0.1) is 31.0 Å². The third-order valence-electron chi connectivity index (χ3n) is 3.37. The minimum Gasteiger partial charge on any atom is -0.495 e. The summed E-state index contributed by atoms with van der Waals surface area (Å²) < 4.78 is 10.4. The first-order valence-corrected chi connectivity index (χ1v) is 7.47. The Bertz CT molecular complexity index is 677. The van der Waals surface area contributed by atoms with E-state index in [0.29, 0.717) is 22.2 Å². The molecule has 0 saturated heterocycles. The van der Waals surface area contributed by atoms with Gasteiger partial charge in [0.2, 0.25) is 0 Å². The highest BCUT2D eigenvalue weighted by atomic mass is 35.5. The Balaban J connectivity index is 2.09.